The van der Waals surface area contributed by atoms with E-state index < -0.39 is 0 Å². The maximum Gasteiger partial charge on any atom is 0.241 e. The van der Waals surface area contributed by atoms with Crippen molar-refractivity contribution in [1.29, 1.82) is 0 Å². The molecule has 0 saturated carbocycles. The van der Waals surface area contributed by atoms with Crippen LogP contribution in [0.2, 0.25) is 10.0 Å². The van der Waals surface area contributed by atoms with Crippen LogP contribution in [0.1, 0.15) is 0 Å². The summed E-state index contributed by atoms with van der Waals surface area (Å²) in [5, 5.41) is 5.90. The van der Waals surface area contributed by atoms with E-state index in [0.717, 1.165) is 0 Å². The fourth-order valence-corrected chi connectivity index (χ4v) is 2.01. The van der Waals surface area contributed by atoms with E-state index >= 15 is 0 Å². The number of benzene rings is 1. The van der Waals surface area contributed by atoms with Gasteiger partial charge in [0, 0.05) is 19.8 Å². The third-order valence-corrected chi connectivity index (χ3v) is 3.71. The maximum atomic E-state index is 11.9. The molecular weight excluding hydrogens is 355 g/mol. The third kappa shape index (κ3) is 7.16. The lowest BCUT2D eigenvalue weighted by molar-refractivity contribution is -0.131. The van der Waals surface area contributed by atoms with Gasteiger partial charge in [0.2, 0.25) is 17.7 Å². The molecule has 0 aliphatic heterocycles. The molecule has 3 amide bonds. The minimum atomic E-state index is -0.338. The van der Waals surface area contributed by atoms with E-state index in [2.05, 4.69) is 10.6 Å². The number of rotatable bonds is 7. The fraction of sp³-hybridized carbons (Fsp3) is 0.400. The van der Waals surface area contributed by atoms with Gasteiger partial charge in [-0.2, -0.15) is 0 Å². The van der Waals surface area contributed by atoms with Crippen molar-refractivity contribution >= 4 is 46.6 Å². The Labute approximate surface area is 150 Å². The summed E-state index contributed by atoms with van der Waals surface area (Å²) in [5.74, 6) is -0.841. The van der Waals surface area contributed by atoms with Crippen LogP contribution in [-0.2, 0) is 14.4 Å². The monoisotopic (exact) mass is 374 g/mol. The lowest BCUT2D eigenvalue weighted by Gasteiger charge is -2.16. The standard InChI is InChI=1S/C15H20Cl2N4O3/c1-20(2)15(24)7-18-13(22)8-21(3)9-14(23)19-10-4-5-11(16)12(17)6-10/h4-6H,7-9H2,1-3H3,(H,18,22)(H,19,23). The summed E-state index contributed by atoms with van der Waals surface area (Å²) in [4.78, 5) is 37.9. The second-order valence-electron chi connectivity index (χ2n) is 5.41. The first kappa shape index (κ1) is 20.2. The average Bonchev–Trinajstić information content (AvgIpc) is 2.48. The van der Waals surface area contributed by atoms with Crippen molar-refractivity contribution in [2.45, 2.75) is 0 Å². The first-order valence-corrected chi connectivity index (χ1v) is 7.85. The van der Waals surface area contributed by atoms with E-state index in [9.17, 15) is 14.4 Å². The molecule has 0 saturated heterocycles. The summed E-state index contributed by atoms with van der Waals surface area (Å²) < 4.78 is 0. The van der Waals surface area contributed by atoms with Crippen molar-refractivity contribution in [2.75, 3.05) is 46.1 Å². The Kier molecular flexibility index (Phi) is 7.97. The molecule has 0 heterocycles. The van der Waals surface area contributed by atoms with Gasteiger partial charge in [-0.3, -0.25) is 19.3 Å². The van der Waals surface area contributed by atoms with Crippen molar-refractivity contribution in [2.24, 2.45) is 0 Å². The third-order valence-electron chi connectivity index (χ3n) is 2.97. The lowest BCUT2D eigenvalue weighted by Crippen LogP contribution is -2.42. The van der Waals surface area contributed by atoms with Crippen LogP contribution in [0.15, 0.2) is 18.2 Å². The number of amides is 3. The minimum absolute atomic E-state index is 0.00446. The van der Waals surface area contributed by atoms with Crippen molar-refractivity contribution < 1.29 is 14.4 Å². The molecule has 24 heavy (non-hydrogen) atoms. The Morgan fingerprint density at radius 1 is 1.00 bits per heavy atom. The van der Waals surface area contributed by atoms with Gasteiger partial charge >= 0.3 is 0 Å². The van der Waals surface area contributed by atoms with Crippen LogP contribution < -0.4 is 10.6 Å². The summed E-state index contributed by atoms with van der Waals surface area (Å²) in [6.07, 6.45) is 0. The van der Waals surface area contributed by atoms with Crippen molar-refractivity contribution in [3.63, 3.8) is 0 Å². The lowest BCUT2D eigenvalue weighted by atomic mass is 10.3. The van der Waals surface area contributed by atoms with Crippen LogP contribution in [-0.4, -0.2) is 68.3 Å². The number of hydrogen-bond acceptors (Lipinski definition) is 4. The Balaban J connectivity index is 2.39. The van der Waals surface area contributed by atoms with Gasteiger partial charge in [0.05, 0.1) is 29.7 Å². The van der Waals surface area contributed by atoms with Gasteiger partial charge in [-0.05, 0) is 25.2 Å². The smallest absolute Gasteiger partial charge is 0.241 e. The highest BCUT2D eigenvalue weighted by molar-refractivity contribution is 6.42. The molecule has 0 aliphatic rings. The molecule has 0 atom stereocenters. The zero-order valence-corrected chi connectivity index (χ0v) is 15.2. The van der Waals surface area contributed by atoms with Crippen LogP contribution in [0.5, 0.6) is 0 Å². The molecule has 0 aromatic heterocycles. The largest absolute Gasteiger partial charge is 0.347 e. The molecule has 7 nitrogen and oxygen atoms in total. The highest BCUT2D eigenvalue weighted by Gasteiger charge is 2.13. The molecule has 0 radical (unpaired) electrons. The summed E-state index contributed by atoms with van der Waals surface area (Å²) in [6, 6.07) is 4.76. The number of nitrogens with zero attached hydrogens (tertiary/aromatic N) is 2. The first-order valence-electron chi connectivity index (χ1n) is 7.09. The van der Waals surface area contributed by atoms with Crippen LogP contribution in [0.3, 0.4) is 0 Å². The predicted molar refractivity (Wildman–Crippen MR) is 94.3 cm³/mol. The number of carbonyl (C=O) groups excluding carboxylic acids is 3. The Morgan fingerprint density at radius 2 is 1.62 bits per heavy atom. The van der Waals surface area contributed by atoms with E-state index in [4.69, 9.17) is 23.2 Å². The molecule has 0 spiro atoms. The Bertz CT molecular complexity index is 623. The number of halogens is 2. The van der Waals surface area contributed by atoms with Gasteiger partial charge in [-0.25, -0.2) is 0 Å². The van der Waals surface area contributed by atoms with Crippen molar-refractivity contribution in [3.8, 4) is 0 Å². The molecule has 132 valence electrons. The molecule has 2 N–H and O–H groups in total. The van der Waals surface area contributed by atoms with E-state index in [1.165, 1.54) is 9.80 Å². The quantitative estimate of drug-likeness (QED) is 0.747. The van der Waals surface area contributed by atoms with Gasteiger partial charge in [0.25, 0.3) is 0 Å². The average molecular weight is 375 g/mol. The Hall–Kier alpha value is -1.83. The molecular formula is C15H20Cl2N4O3. The predicted octanol–water partition coefficient (Wildman–Crippen LogP) is 1.07. The molecule has 0 bridgehead atoms. The van der Waals surface area contributed by atoms with Crippen LogP contribution in [0.4, 0.5) is 5.69 Å². The highest BCUT2D eigenvalue weighted by Crippen LogP contribution is 2.24. The second kappa shape index (κ2) is 9.46. The number of carbonyl (C=O) groups is 3. The van der Waals surface area contributed by atoms with Gasteiger partial charge in [0.15, 0.2) is 0 Å². The van der Waals surface area contributed by atoms with Gasteiger partial charge < -0.3 is 15.5 Å². The van der Waals surface area contributed by atoms with E-state index in [1.54, 1.807) is 39.3 Å². The molecule has 1 aromatic rings. The van der Waals surface area contributed by atoms with Gasteiger partial charge in [-0.1, -0.05) is 23.2 Å². The summed E-state index contributed by atoms with van der Waals surface area (Å²) in [5.41, 5.74) is 0.517. The fourth-order valence-electron chi connectivity index (χ4n) is 1.71. The summed E-state index contributed by atoms with van der Waals surface area (Å²) in [6.45, 7) is -0.0695. The number of likely N-dealkylation sites (N-methyl/N-ethyl adjacent to an activating group) is 2. The molecule has 0 unspecified atom stereocenters. The normalized spacial score (nSPS) is 10.4. The van der Waals surface area contributed by atoms with Crippen LogP contribution in [0.25, 0.3) is 0 Å². The number of nitrogens with one attached hydrogen (secondary N) is 2. The zero-order valence-electron chi connectivity index (χ0n) is 13.7. The maximum absolute atomic E-state index is 11.9. The number of anilines is 1. The summed E-state index contributed by atoms with van der Waals surface area (Å²) in [7, 11) is 4.84. The molecule has 1 rings (SSSR count). The minimum Gasteiger partial charge on any atom is -0.347 e. The van der Waals surface area contributed by atoms with Crippen molar-refractivity contribution in [3.05, 3.63) is 28.2 Å². The number of hydrogen-bond donors (Lipinski definition) is 2. The SMILES string of the molecule is CN(CC(=O)NCC(=O)N(C)C)CC(=O)Nc1ccc(Cl)c(Cl)c1. The van der Waals surface area contributed by atoms with E-state index in [1.807, 2.05) is 0 Å². The van der Waals surface area contributed by atoms with E-state index in [-0.39, 0.29) is 37.4 Å². The van der Waals surface area contributed by atoms with Crippen LogP contribution in [0, 0.1) is 0 Å². The van der Waals surface area contributed by atoms with Crippen LogP contribution >= 0.6 is 23.2 Å². The molecule has 9 heteroatoms. The Morgan fingerprint density at radius 3 is 2.21 bits per heavy atom. The topological polar surface area (TPSA) is 81.8 Å². The zero-order chi connectivity index (χ0) is 18.3. The van der Waals surface area contributed by atoms with Gasteiger partial charge in [0.1, 0.15) is 0 Å². The first-order chi connectivity index (χ1) is 11.2. The second-order valence-corrected chi connectivity index (χ2v) is 6.23. The molecule has 0 aliphatic carbocycles. The highest BCUT2D eigenvalue weighted by atomic mass is 35.5. The molecule has 1 aromatic carbocycles. The summed E-state index contributed by atoms with van der Waals surface area (Å²) >= 11 is 11.7. The van der Waals surface area contributed by atoms with Crippen molar-refractivity contribution in [1.82, 2.24) is 15.1 Å². The molecule has 0 fully saturated rings. The van der Waals surface area contributed by atoms with Gasteiger partial charge in [-0.15, -0.1) is 0 Å². The van der Waals surface area contributed by atoms with E-state index in [0.29, 0.717) is 15.7 Å².